The standard InChI is InChI=1S/C21H20N2O5S/c1-25-15-5-3-14(18(11-15)26-2)10-20(24)23-21-22-16(12-29-21)13-4-6-17-19(9-13)28-8-7-27-17/h3-6,9,11-12H,7-8,10H2,1-2H3,(H,22,23,24). The number of nitrogens with zero attached hydrogens (tertiary/aromatic N) is 1. The summed E-state index contributed by atoms with van der Waals surface area (Å²) in [5.41, 5.74) is 2.45. The highest BCUT2D eigenvalue weighted by atomic mass is 32.1. The minimum Gasteiger partial charge on any atom is -0.497 e. The summed E-state index contributed by atoms with van der Waals surface area (Å²) in [6.07, 6.45) is 0.173. The lowest BCUT2D eigenvalue weighted by atomic mass is 10.1. The summed E-state index contributed by atoms with van der Waals surface area (Å²) >= 11 is 1.37. The van der Waals surface area contributed by atoms with Crippen molar-refractivity contribution in [1.29, 1.82) is 0 Å². The summed E-state index contributed by atoms with van der Waals surface area (Å²) in [6, 6.07) is 11.1. The Bertz CT molecular complexity index is 1030. The summed E-state index contributed by atoms with van der Waals surface area (Å²) in [5, 5.41) is 5.28. The van der Waals surface area contributed by atoms with Gasteiger partial charge in [0.05, 0.1) is 26.3 Å². The summed E-state index contributed by atoms with van der Waals surface area (Å²) in [7, 11) is 3.15. The number of fused-ring (bicyclic) bond motifs is 1. The molecule has 0 aliphatic carbocycles. The number of hydrogen-bond donors (Lipinski definition) is 1. The summed E-state index contributed by atoms with van der Waals surface area (Å²) in [6.45, 7) is 1.09. The van der Waals surface area contributed by atoms with Crippen molar-refractivity contribution in [1.82, 2.24) is 4.98 Å². The van der Waals surface area contributed by atoms with Crippen molar-refractivity contribution < 1.29 is 23.7 Å². The Morgan fingerprint density at radius 1 is 1.10 bits per heavy atom. The zero-order valence-corrected chi connectivity index (χ0v) is 16.9. The van der Waals surface area contributed by atoms with Crippen molar-refractivity contribution >= 4 is 22.4 Å². The summed E-state index contributed by atoms with van der Waals surface area (Å²) in [5.74, 6) is 2.55. The van der Waals surface area contributed by atoms with Gasteiger partial charge >= 0.3 is 0 Å². The van der Waals surface area contributed by atoms with Crippen LogP contribution >= 0.6 is 11.3 Å². The molecule has 2 aromatic carbocycles. The number of rotatable bonds is 6. The number of benzene rings is 2. The molecule has 0 atom stereocenters. The van der Waals surface area contributed by atoms with E-state index in [1.807, 2.05) is 29.6 Å². The zero-order valence-electron chi connectivity index (χ0n) is 16.1. The molecule has 2 heterocycles. The van der Waals surface area contributed by atoms with Gasteiger partial charge in [0.25, 0.3) is 0 Å². The van der Waals surface area contributed by atoms with Crippen LogP contribution in [0.5, 0.6) is 23.0 Å². The molecule has 1 aliphatic heterocycles. The smallest absolute Gasteiger partial charge is 0.230 e. The Labute approximate surface area is 172 Å². The number of thiazole rings is 1. The van der Waals surface area contributed by atoms with Crippen LogP contribution in [0.2, 0.25) is 0 Å². The van der Waals surface area contributed by atoms with E-state index in [4.69, 9.17) is 18.9 Å². The molecule has 1 amide bonds. The molecule has 0 unspecified atom stereocenters. The highest BCUT2D eigenvalue weighted by Crippen LogP contribution is 2.35. The third-order valence-corrected chi connectivity index (χ3v) is 5.19. The lowest BCUT2D eigenvalue weighted by Gasteiger charge is -2.18. The van der Waals surface area contributed by atoms with E-state index in [2.05, 4.69) is 10.3 Å². The lowest BCUT2D eigenvalue weighted by Crippen LogP contribution is -2.15. The molecule has 1 N–H and O–H groups in total. The fourth-order valence-electron chi connectivity index (χ4n) is 3.00. The molecule has 150 valence electrons. The van der Waals surface area contributed by atoms with Gasteiger partial charge in [-0.05, 0) is 24.3 Å². The fraction of sp³-hybridized carbons (Fsp3) is 0.238. The second kappa shape index (κ2) is 8.40. The molecule has 0 bridgehead atoms. The van der Waals surface area contributed by atoms with Crippen LogP contribution in [-0.2, 0) is 11.2 Å². The first-order chi connectivity index (χ1) is 14.2. The molecule has 0 saturated heterocycles. The van der Waals surface area contributed by atoms with Crippen LogP contribution < -0.4 is 24.3 Å². The molecule has 0 saturated carbocycles. The van der Waals surface area contributed by atoms with Gasteiger partial charge in [0, 0.05) is 22.6 Å². The Morgan fingerprint density at radius 2 is 1.93 bits per heavy atom. The van der Waals surface area contributed by atoms with Crippen LogP contribution in [0, 0.1) is 0 Å². The molecule has 4 rings (SSSR count). The average Bonchev–Trinajstić information content (AvgIpc) is 3.22. The molecular formula is C21H20N2O5S. The maximum Gasteiger partial charge on any atom is 0.230 e. The van der Waals surface area contributed by atoms with E-state index >= 15 is 0 Å². The molecule has 0 fully saturated rings. The number of carbonyl (C=O) groups excluding carboxylic acids is 1. The van der Waals surface area contributed by atoms with Crippen molar-refractivity contribution in [3.8, 4) is 34.3 Å². The number of aromatic nitrogens is 1. The predicted octanol–water partition coefficient (Wildman–Crippen LogP) is 3.78. The van der Waals surface area contributed by atoms with Gasteiger partial charge in [-0.15, -0.1) is 11.3 Å². The monoisotopic (exact) mass is 412 g/mol. The third kappa shape index (κ3) is 4.27. The molecule has 1 aliphatic rings. The van der Waals surface area contributed by atoms with E-state index in [1.54, 1.807) is 26.4 Å². The Morgan fingerprint density at radius 3 is 2.72 bits per heavy atom. The molecule has 0 spiro atoms. The number of anilines is 1. The van der Waals surface area contributed by atoms with E-state index in [0.29, 0.717) is 35.6 Å². The van der Waals surface area contributed by atoms with Crippen molar-refractivity contribution in [2.24, 2.45) is 0 Å². The largest absolute Gasteiger partial charge is 0.497 e. The van der Waals surface area contributed by atoms with Gasteiger partial charge in [-0.25, -0.2) is 4.98 Å². The van der Waals surface area contributed by atoms with Gasteiger partial charge in [-0.3, -0.25) is 4.79 Å². The molecule has 1 aromatic heterocycles. The van der Waals surface area contributed by atoms with Crippen molar-refractivity contribution in [2.75, 3.05) is 32.8 Å². The third-order valence-electron chi connectivity index (χ3n) is 4.43. The fourth-order valence-corrected chi connectivity index (χ4v) is 3.74. The van der Waals surface area contributed by atoms with Crippen molar-refractivity contribution in [3.05, 3.63) is 47.3 Å². The second-order valence-electron chi connectivity index (χ2n) is 6.30. The first-order valence-corrected chi connectivity index (χ1v) is 9.90. The number of nitrogens with one attached hydrogen (secondary N) is 1. The van der Waals surface area contributed by atoms with E-state index < -0.39 is 0 Å². The van der Waals surface area contributed by atoms with Gasteiger partial charge in [0.2, 0.25) is 5.91 Å². The van der Waals surface area contributed by atoms with Crippen LogP contribution in [0.15, 0.2) is 41.8 Å². The summed E-state index contributed by atoms with van der Waals surface area (Å²) in [4.78, 5) is 17.0. The maximum absolute atomic E-state index is 12.5. The normalized spacial score (nSPS) is 12.3. The van der Waals surface area contributed by atoms with Gasteiger partial charge in [0.15, 0.2) is 16.6 Å². The highest BCUT2D eigenvalue weighted by molar-refractivity contribution is 7.14. The van der Waals surface area contributed by atoms with Crippen molar-refractivity contribution in [2.45, 2.75) is 6.42 Å². The zero-order chi connectivity index (χ0) is 20.2. The van der Waals surface area contributed by atoms with Gasteiger partial charge in [-0.2, -0.15) is 0 Å². The van der Waals surface area contributed by atoms with E-state index in [0.717, 1.165) is 22.6 Å². The Hall–Kier alpha value is -3.26. The highest BCUT2D eigenvalue weighted by Gasteiger charge is 2.15. The van der Waals surface area contributed by atoms with Crippen LogP contribution in [0.4, 0.5) is 5.13 Å². The SMILES string of the molecule is COc1ccc(CC(=O)Nc2nc(-c3ccc4c(c3)OCCO4)cs2)c(OC)c1. The van der Waals surface area contributed by atoms with Gasteiger partial charge < -0.3 is 24.3 Å². The van der Waals surface area contributed by atoms with Crippen molar-refractivity contribution in [3.63, 3.8) is 0 Å². The van der Waals surface area contributed by atoms with Crippen LogP contribution in [0.3, 0.4) is 0 Å². The predicted molar refractivity (Wildman–Crippen MR) is 110 cm³/mol. The van der Waals surface area contributed by atoms with E-state index in [9.17, 15) is 4.79 Å². The molecule has 7 nitrogen and oxygen atoms in total. The average molecular weight is 412 g/mol. The first kappa shape index (κ1) is 19.1. The number of hydrogen-bond acceptors (Lipinski definition) is 7. The molecule has 29 heavy (non-hydrogen) atoms. The quantitative estimate of drug-likeness (QED) is 0.664. The minimum atomic E-state index is -0.170. The molecule has 3 aromatic rings. The maximum atomic E-state index is 12.5. The van der Waals surface area contributed by atoms with Crippen LogP contribution in [0.1, 0.15) is 5.56 Å². The number of amides is 1. The second-order valence-corrected chi connectivity index (χ2v) is 7.16. The van der Waals surface area contributed by atoms with E-state index in [1.165, 1.54) is 11.3 Å². The summed E-state index contributed by atoms with van der Waals surface area (Å²) < 4.78 is 21.7. The Balaban J connectivity index is 1.45. The molecule has 0 radical (unpaired) electrons. The van der Waals surface area contributed by atoms with Gasteiger partial charge in [0.1, 0.15) is 24.7 Å². The number of ether oxygens (including phenoxy) is 4. The van der Waals surface area contributed by atoms with Crippen LogP contribution in [0.25, 0.3) is 11.3 Å². The first-order valence-electron chi connectivity index (χ1n) is 9.02. The number of methoxy groups -OCH3 is 2. The topological polar surface area (TPSA) is 78.9 Å². The molecule has 8 heteroatoms. The lowest BCUT2D eigenvalue weighted by molar-refractivity contribution is -0.115. The van der Waals surface area contributed by atoms with Gasteiger partial charge in [-0.1, -0.05) is 6.07 Å². The van der Waals surface area contributed by atoms with Crippen LogP contribution in [-0.4, -0.2) is 38.3 Å². The minimum absolute atomic E-state index is 0.170. The molecular weight excluding hydrogens is 392 g/mol. The Kier molecular flexibility index (Phi) is 5.53. The number of carbonyl (C=O) groups is 1. The van der Waals surface area contributed by atoms with E-state index in [-0.39, 0.29) is 12.3 Å².